The van der Waals surface area contributed by atoms with Gasteiger partial charge in [-0.15, -0.1) is 0 Å². The van der Waals surface area contributed by atoms with Crippen LogP contribution in [-0.2, 0) is 0 Å². The van der Waals surface area contributed by atoms with Crippen LogP contribution in [0.1, 0.15) is 20.3 Å². The molecule has 0 aliphatic rings. The van der Waals surface area contributed by atoms with Crippen molar-refractivity contribution in [2.24, 2.45) is 5.92 Å². The molecule has 0 saturated carbocycles. The van der Waals surface area contributed by atoms with Crippen LogP contribution in [0.2, 0.25) is 13.1 Å². The maximum absolute atomic E-state index is 3.96. The minimum absolute atomic E-state index is 0.614. The molecule has 0 radical (unpaired) electrons. The highest BCUT2D eigenvalue weighted by Gasteiger charge is 2.21. The molecular weight excluding hydrogens is 220 g/mol. The summed E-state index contributed by atoms with van der Waals surface area (Å²) in [6, 6.07) is 10.9. The highest BCUT2D eigenvalue weighted by Crippen LogP contribution is 2.19. The van der Waals surface area contributed by atoms with Crippen LogP contribution in [0, 0.1) is 5.92 Å². The monoisotopic (exact) mass is 244 g/mol. The zero-order valence-electron chi connectivity index (χ0n) is 11.5. The van der Waals surface area contributed by atoms with Gasteiger partial charge < -0.3 is 0 Å². The molecular formula is C16H24Si. The van der Waals surface area contributed by atoms with Crippen molar-refractivity contribution in [3.05, 3.63) is 54.3 Å². The van der Waals surface area contributed by atoms with Crippen molar-refractivity contribution in [2.45, 2.75) is 33.4 Å². The van der Waals surface area contributed by atoms with Gasteiger partial charge in [-0.1, -0.05) is 86.4 Å². The van der Waals surface area contributed by atoms with Gasteiger partial charge in [-0.25, -0.2) is 0 Å². The van der Waals surface area contributed by atoms with E-state index in [0.29, 0.717) is 5.92 Å². The Labute approximate surface area is 107 Å². The minimum atomic E-state index is -1.48. The maximum atomic E-state index is 3.96. The van der Waals surface area contributed by atoms with Crippen LogP contribution in [0.3, 0.4) is 0 Å². The van der Waals surface area contributed by atoms with Crippen LogP contribution in [0.4, 0.5) is 0 Å². The van der Waals surface area contributed by atoms with Crippen LogP contribution in [0.15, 0.2) is 54.3 Å². The van der Waals surface area contributed by atoms with Gasteiger partial charge in [-0.2, -0.15) is 0 Å². The molecule has 0 heterocycles. The van der Waals surface area contributed by atoms with E-state index in [1.54, 1.807) is 0 Å². The first-order chi connectivity index (χ1) is 8.01. The van der Waals surface area contributed by atoms with Gasteiger partial charge >= 0.3 is 0 Å². The first kappa shape index (κ1) is 14.0. The average molecular weight is 244 g/mol. The molecule has 0 aromatic heterocycles. The molecule has 0 N–H and O–H groups in total. The summed E-state index contributed by atoms with van der Waals surface area (Å²) < 4.78 is 0. The summed E-state index contributed by atoms with van der Waals surface area (Å²) in [6.07, 6.45) is 3.21. The second-order valence-electron chi connectivity index (χ2n) is 5.25. The second-order valence-corrected chi connectivity index (χ2v) is 9.55. The molecule has 0 spiro atoms. The van der Waals surface area contributed by atoms with Gasteiger partial charge in [0, 0.05) is 0 Å². The third-order valence-electron chi connectivity index (χ3n) is 3.46. The molecule has 0 bridgehead atoms. The molecule has 1 aromatic rings. The number of benzene rings is 1. The summed E-state index contributed by atoms with van der Waals surface area (Å²) in [5, 5.41) is 1.49. The number of hydrogen-bond donors (Lipinski definition) is 0. The van der Waals surface area contributed by atoms with Crippen LogP contribution >= 0.6 is 0 Å². The predicted molar refractivity (Wildman–Crippen MR) is 81.3 cm³/mol. The molecule has 0 unspecified atom stereocenters. The first-order valence-corrected chi connectivity index (χ1v) is 9.49. The average Bonchev–Trinajstić information content (AvgIpc) is 2.36. The van der Waals surface area contributed by atoms with Gasteiger partial charge in [-0.05, 0) is 12.3 Å². The smallest absolute Gasteiger partial charge is 0.0988 e. The van der Waals surface area contributed by atoms with E-state index >= 15 is 0 Å². The Morgan fingerprint density at radius 1 is 1.29 bits per heavy atom. The number of hydrogen-bond acceptors (Lipinski definition) is 0. The summed E-state index contributed by atoms with van der Waals surface area (Å²) >= 11 is 0. The Bertz CT molecular complexity index is 387. The zero-order valence-corrected chi connectivity index (χ0v) is 12.5. The lowest BCUT2D eigenvalue weighted by Crippen LogP contribution is -2.40. The van der Waals surface area contributed by atoms with Crippen LogP contribution in [0.5, 0.6) is 0 Å². The summed E-state index contributed by atoms with van der Waals surface area (Å²) in [4.78, 5) is 0. The molecule has 17 heavy (non-hydrogen) atoms. The second kappa shape index (κ2) is 6.01. The molecule has 1 rings (SSSR count). The van der Waals surface area contributed by atoms with Crippen LogP contribution in [-0.4, -0.2) is 8.07 Å². The third kappa shape index (κ3) is 3.71. The Balaban J connectivity index is 3.06. The SMILES string of the molecule is C=C/C(=C\[Si](C)(C)c1ccccc1)[C@@H](C)CC. The molecule has 0 aliphatic heterocycles. The first-order valence-electron chi connectivity index (χ1n) is 6.42. The highest BCUT2D eigenvalue weighted by atomic mass is 28.3. The van der Waals surface area contributed by atoms with E-state index in [4.69, 9.17) is 0 Å². The van der Waals surface area contributed by atoms with Crippen LogP contribution in [0.25, 0.3) is 0 Å². The van der Waals surface area contributed by atoms with E-state index < -0.39 is 8.07 Å². The van der Waals surface area contributed by atoms with Gasteiger partial charge in [0.1, 0.15) is 8.07 Å². The summed E-state index contributed by atoms with van der Waals surface area (Å²) in [6.45, 7) is 13.3. The molecule has 0 nitrogen and oxygen atoms in total. The molecule has 0 fully saturated rings. The minimum Gasteiger partial charge on any atom is -0.0988 e. The van der Waals surface area contributed by atoms with E-state index in [1.165, 1.54) is 17.2 Å². The number of rotatable bonds is 5. The lowest BCUT2D eigenvalue weighted by molar-refractivity contribution is 0.671. The largest absolute Gasteiger partial charge is 0.104 e. The van der Waals surface area contributed by atoms with E-state index in [9.17, 15) is 0 Å². The number of allylic oxidation sites excluding steroid dienone is 2. The third-order valence-corrected chi connectivity index (χ3v) is 6.34. The summed E-state index contributed by atoms with van der Waals surface area (Å²) in [7, 11) is -1.48. The molecule has 1 heteroatoms. The molecule has 0 amide bonds. The molecule has 92 valence electrons. The van der Waals surface area contributed by atoms with Crippen molar-refractivity contribution in [1.29, 1.82) is 0 Å². The van der Waals surface area contributed by atoms with Crippen molar-refractivity contribution in [1.82, 2.24) is 0 Å². The molecule has 1 aromatic carbocycles. The fourth-order valence-corrected chi connectivity index (χ4v) is 4.46. The fourth-order valence-electron chi connectivity index (χ4n) is 2.01. The molecule has 1 atom stereocenters. The van der Waals surface area contributed by atoms with Gasteiger partial charge in [-0.3, -0.25) is 0 Å². The highest BCUT2D eigenvalue weighted by molar-refractivity contribution is 6.94. The van der Waals surface area contributed by atoms with Crippen molar-refractivity contribution < 1.29 is 0 Å². The van der Waals surface area contributed by atoms with Gasteiger partial charge in [0.25, 0.3) is 0 Å². The normalized spacial score (nSPS) is 14.5. The van der Waals surface area contributed by atoms with E-state index in [-0.39, 0.29) is 0 Å². The van der Waals surface area contributed by atoms with Crippen molar-refractivity contribution in [3.63, 3.8) is 0 Å². The Morgan fingerprint density at radius 2 is 1.88 bits per heavy atom. The Kier molecular flexibility index (Phi) is 4.95. The van der Waals surface area contributed by atoms with E-state index in [2.05, 4.69) is 69.6 Å². The predicted octanol–water partition coefficient (Wildman–Crippen LogP) is 4.30. The zero-order chi connectivity index (χ0) is 12.9. The van der Waals surface area contributed by atoms with Crippen molar-refractivity contribution in [2.75, 3.05) is 0 Å². The lowest BCUT2D eigenvalue weighted by atomic mass is 10.0. The topological polar surface area (TPSA) is 0 Å². The Hall–Kier alpha value is -1.08. The summed E-state index contributed by atoms with van der Waals surface area (Å²) in [5.41, 5.74) is 3.90. The van der Waals surface area contributed by atoms with Crippen LogP contribution < -0.4 is 5.19 Å². The molecule has 0 aliphatic carbocycles. The summed E-state index contributed by atoms with van der Waals surface area (Å²) in [5.74, 6) is 0.614. The fraction of sp³-hybridized carbons (Fsp3) is 0.375. The van der Waals surface area contributed by atoms with E-state index in [0.717, 1.165) is 0 Å². The Morgan fingerprint density at radius 3 is 2.35 bits per heavy atom. The van der Waals surface area contributed by atoms with Crippen molar-refractivity contribution >= 4 is 13.3 Å². The van der Waals surface area contributed by atoms with Gasteiger partial charge in [0.2, 0.25) is 0 Å². The molecule has 0 saturated heterocycles. The quantitative estimate of drug-likeness (QED) is 0.535. The standard InChI is InChI=1S/C16H24Si/c1-6-14(3)15(7-2)13-17(4,5)16-11-9-8-10-12-16/h7-14H,2,6H2,1,3-5H3/b15-13+/t14-/m0/s1. The van der Waals surface area contributed by atoms with Crippen molar-refractivity contribution in [3.8, 4) is 0 Å². The lowest BCUT2D eigenvalue weighted by Gasteiger charge is -2.22. The van der Waals surface area contributed by atoms with Gasteiger partial charge in [0.15, 0.2) is 0 Å². The van der Waals surface area contributed by atoms with Gasteiger partial charge in [0.05, 0.1) is 0 Å². The maximum Gasteiger partial charge on any atom is 0.104 e. The van der Waals surface area contributed by atoms with E-state index in [1.807, 2.05) is 6.08 Å².